The molecule has 1 amide bonds. The normalized spacial score (nSPS) is 11.3. The quantitative estimate of drug-likeness (QED) is 0.433. The Morgan fingerprint density at radius 2 is 1.82 bits per heavy atom. The third kappa shape index (κ3) is 4.57. The van der Waals surface area contributed by atoms with E-state index >= 15 is 0 Å². The van der Waals surface area contributed by atoms with E-state index in [9.17, 15) is 18.0 Å². The summed E-state index contributed by atoms with van der Waals surface area (Å²) in [5.41, 5.74) is 1.46. The average Bonchev–Trinajstić information content (AvgIpc) is 3.28. The number of alkyl halides is 3. The van der Waals surface area contributed by atoms with Crippen molar-refractivity contribution in [3.05, 3.63) is 90.0 Å². The van der Waals surface area contributed by atoms with Crippen molar-refractivity contribution < 1.29 is 22.7 Å². The van der Waals surface area contributed by atoms with Gasteiger partial charge in [0.05, 0.1) is 12.7 Å². The second-order valence-corrected chi connectivity index (χ2v) is 7.22. The second-order valence-electron chi connectivity index (χ2n) is 7.22. The van der Waals surface area contributed by atoms with Gasteiger partial charge in [0.25, 0.3) is 5.91 Å². The fourth-order valence-corrected chi connectivity index (χ4v) is 3.43. The third-order valence-corrected chi connectivity index (χ3v) is 5.08. The molecule has 6 nitrogen and oxygen atoms in total. The summed E-state index contributed by atoms with van der Waals surface area (Å²) in [7, 11) is 1.39. The zero-order chi connectivity index (χ0) is 23.6. The highest BCUT2D eigenvalue weighted by Gasteiger charge is 2.35. The van der Waals surface area contributed by atoms with Crippen LogP contribution in [0, 0.1) is 6.92 Å². The number of benzene rings is 2. The molecule has 0 unspecified atom stereocenters. The van der Waals surface area contributed by atoms with Crippen LogP contribution in [0.15, 0.2) is 73.3 Å². The minimum atomic E-state index is -4.56. The number of imidazole rings is 1. The topological polar surface area (TPSA) is 69.0 Å². The number of pyridine rings is 1. The number of rotatable bonds is 5. The number of carbonyl (C=O) groups is 1. The highest BCUT2D eigenvalue weighted by atomic mass is 19.4. The number of hydrogen-bond donors (Lipinski definition) is 1. The Kier molecular flexibility index (Phi) is 5.87. The van der Waals surface area contributed by atoms with E-state index in [2.05, 4.69) is 15.3 Å². The maximum absolute atomic E-state index is 13.6. The molecule has 0 atom stereocenters. The monoisotopic (exact) mass is 452 g/mol. The molecule has 4 rings (SSSR count). The van der Waals surface area contributed by atoms with Gasteiger partial charge in [-0.1, -0.05) is 0 Å². The van der Waals surface area contributed by atoms with E-state index in [1.54, 1.807) is 60.4 Å². The second kappa shape index (κ2) is 8.78. The van der Waals surface area contributed by atoms with E-state index in [-0.39, 0.29) is 23.0 Å². The first-order valence-electron chi connectivity index (χ1n) is 9.89. The van der Waals surface area contributed by atoms with E-state index in [1.807, 2.05) is 0 Å². The number of carbonyl (C=O) groups excluding carboxylic acids is 1. The molecule has 2 aromatic heterocycles. The van der Waals surface area contributed by atoms with Crippen LogP contribution in [0.4, 0.5) is 18.9 Å². The number of nitrogens with one attached hydrogen (secondary N) is 1. The van der Waals surface area contributed by atoms with Crippen LogP contribution in [-0.2, 0) is 6.18 Å². The average molecular weight is 452 g/mol. The van der Waals surface area contributed by atoms with Gasteiger partial charge in [-0.05, 0) is 61.0 Å². The molecule has 0 radical (unpaired) electrons. The molecule has 33 heavy (non-hydrogen) atoms. The van der Waals surface area contributed by atoms with Crippen molar-refractivity contribution in [2.75, 3.05) is 12.4 Å². The number of nitrogens with zero attached hydrogens (tertiary/aromatic N) is 3. The number of ether oxygens (including phenoxy) is 1. The van der Waals surface area contributed by atoms with Crippen molar-refractivity contribution in [1.29, 1.82) is 0 Å². The summed E-state index contributed by atoms with van der Waals surface area (Å²) in [6, 6.07) is 11.9. The van der Waals surface area contributed by atoms with Gasteiger partial charge in [-0.2, -0.15) is 13.2 Å². The molecule has 2 aromatic carbocycles. The number of amides is 1. The molecular weight excluding hydrogens is 433 g/mol. The van der Waals surface area contributed by atoms with Gasteiger partial charge in [0.15, 0.2) is 0 Å². The van der Waals surface area contributed by atoms with Gasteiger partial charge in [0.2, 0.25) is 0 Å². The summed E-state index contributed by atoms with van der Waals surface area (Å²) < 4.78 is 47.6. The smallest absolute Gasteiger partial charge is 0.417 e. The summed E-state index contributed by atoms with van der Waals surface area (Å²) in [6.45, 7) is 1.79. The van der Waals surface area contributed by atoms with E-state index in [1.165, 1.54) is 25.4 Å². The van der Waals surface area contributed by atoms with Gasteiger partial charge in [0, 0.05) is 47.3 Å². The number of aryl methyl sites for hydroxylation is 1. The lowest BCUT2D eigenvalue weighted by molar-refractivity contribution is -0.137. The number of methoxy groups -OCH3 is 1. The summed E-state index contributed by atoms with van der Waals surface area (Å²) in [5.74, 6) is 0.125. The van der Waals surface area contributed by atoms with Crippen molar-refractivity contribution in [1.82, 2.24) is 14.5 Å². The van der Waals surface area contributed by atoms with Crippen LogP contribution in [0.2, 0.25) is 0 Å². The van der Waals surface area contributed by atoms with Crippen LogP contribution < -0.4 is 10.1 Å². The number of anilines is 1. The minimum Gasteiger partial charge on any atom is -0.497 e. The van der Waals surface area contributed by atoms with Gasteiger partial charge in [-0.3, -0.25) is 14.3 Å². The van der Waals surface area contributed by atoms with Crippen LogP contribution in [0.25, 0.3) is 17.1 Å². The molecule has 0 spiro atoms. The summed E-state index contributed by atoms with van der Waals surface area (Å²) in [6.07, 6.45) is 1.59. The van der Waals surface area contributed by atoms with Crippen LogP contribution >= 0.6 is 0 Å². The Bertz CT molecular complexity index is 1300. The molecule has 0 fully saturated rings. The molecule has 0 aliphatic heterocycles. The van der Waals surface area contributed by atoms with Crippen LogP contribution in [0.5, 0.6) is 5.75 Å². The Labute approximate surface area is 187 Å². The Hall–Kier alpha value is -4.14. The summed E-state index contributed by atoms with van der Waals surface area (Å²) in [4.78, 5) is 20.6. The fraction of sp³-hybridized carbons (Fsp3) is 0.125. The van der Waals surface area contributed by atoms with Gasteiger partial charge >= 0.3 is 6.18 Å². The molecule has 4 aromatic rings. The van der Waals surface area contributed by atoms with E-state index in [0.717, 1.165) is 11.6 Å². The molecule has 0 saturated heterocycles. The highest BCUT2D eigenvalue weighted by Crippen LogP contribution is 2.39. The van der Waals surface area contributed by atoms with Crippen molar-refractivity contribution in [2.24, 2.45) is 0 Å². The van der Waals surface area contributed by atoms with Crippen molar-refractivity contribution in [2.45, 2.75) is 13.1 Å². The zero-order valence-electron chi connectivity index (χ0n) is 17.7. The molecule has 0 aliphatic carbocycles. The Morgan fingerprint density at radius 1 is 1.06 bits per heavy atom. The summed E-state index contributed by atoms with van der Waals surface area (Å²) in [5, 5.41) is 2.81. The zero-order valence-corrected chi connectivity index (χ0v) is 17.7. The SMILES string of the molecule is COc1ccc(C(F)(F)F)c(-c2nccn2-c2ccc(NC(=O)c3ccncc3C)cc2)c1. The first kappa shape index (κ1) is 22.1. The molecule has 168 valence electrons. The number of hydrogen-bond acceptors (Lipinski definition) is 4. The summed E-state index contributed by atoms with van der Waals surface area (Å²) >= 11 is 0. The van der Waals surface area contributed by atoms with Crippen LogP contribution in [0.3, 0.4) is 0 Å². The lowest BCUT2D eigenvalue weighted by atomic mass is 10.1. The van der Waals surface area contributed by atoms with Gasteiger partial charge in [-0.25, -0.2) is 4.98 Å². The van der Waals surface area contributed by atoms with Gasteiger partial charge in [0.1, 0.15) is 11.6 Å². The van der Waals surface area contributed by atoms with E-state index < -0.39 is 11.7 Å². The lowest BCUT2D eigenvalue weighted by Crippen LogP contribution is -2.13. The van der Waals surface area contributed by atoms with Gasteiger partial charge < -0.3 is 10.1 Å². The predicted octanol–water partition coefficient (Wildman–Crippen LogP) is 5.52. The van der Waals surface area contributed by atoms with Crippen molar-refractivity contribution in [3.63, 3.8) is 0 Å². The van der Waals surface area contributed by atoms with Crippen LogP contribution in [0.1, 0.15) is 21.5 Å². The van der Waals surface area contributed by atoms with Crippen molar-refractivity contribution >= 4 is 11.6 Å². The largest absolute Gasteiger partial charge is 0.497 e. The molecule has 0 bridgehead atoms. The molecule has 0 saturated carbocycles. The van der Waals surface area contributed by atoms with E-state index in [4.69, 9.17) is 4.74 Å². The van der Waals surface area contributed by atoms with Gasteiger partial charge in [-0.15, -0.1) is 0 Å². The maximum atomic E-state index is 13.6. The molecule has 9 heteroatoms. The first-order valence-corrected chi connectivity index (χ1v) is 9.89. The minimum absolute atomic E-state index is 0.0996. The molecule has 1 N–H and O–H groups in total. The predicted molar refractivity (Wildman–Crippen MR) is 117 cm³/mol. The maximum Gasteiger partial charge on any atom is 0.417 e. The fourth-order valence-electron chi connectivity index (χ4n) is 3.43. The molecule has 2 heterocycles. The Balaban J connectivity index is 1.65. The first-order chi connectivity index (χ1) is 15.8. The molecular formula is C24H19F3N4O2. The Morgan fingerprint density at radius 3 is 2.48 bits per heavy atom. The lowest BCUT2D eigenvalue weighted by Gasteiger charge is -2.16. The van der Waals surface area contributed by atoms with Crippen LogP contribution in [-0.4, -0.2) is 27.6 Å². The molecule has 0 aliphatic rings. The standard InChI is InChI=1S/C24H19F3N4O2/c1-15-14-28-10-9-19(15)23(32)30-16-3-5-17(6-4-16)31-12-11-29-22(31)20-13-18(33-2)7-8-21(20)24(25,26)27/h3-14H,1-2H3,(H,30,32). The highest BCUT2D eigenvalue weighted by molar-refractivity contribution is 6.05. The van der Waals surface area contributed by atoms with E-state index in [0.29, 0.717) is 16.9 Å². The third-order valence-electron chi connectivity index (χ3n) is 5.08. The van der Waals surface area contributed by atoms with Crippen molar-refractivity contribution in [3.8, 4) is 22.8 Å². The number of halogens is 3. The number of aromatic nitrogens is 3.